The van der Waals surface area contributed by atoms with Gasteiger partial charge < -0.3 is 10.6 Å². The molecule has 2 aromatic rings. The minimum absolute atomic E-state index is 0.159. The van der Waals surface area contributed by atoms with Gasteiger partial charge in [-0.2, -0.15) is 5.26 Å². The molecule has 0 aromatic heterocycles. The van der Waals surface area contributed by atoms with E-state index in [9.17, 15) is 9.59 Å². The molecule has 2 aromatic carbocycles. The molecule has 2 amide bonds. The monoisotopic (exact) mass is 369 g/mol. The van der Waals surface area contributed by atoms with Crippen LogP contribution in [0.15, 0.2) is 54.6 Å². The summed E-state index contributed by atoms with van der Waals surface area (Å²) in [6.07, 6.45) is 0.241. The van der Waals surface area contributed by atoms with Crippen LogP contribution in [-0.4, -0.2) is 24.9 Å². The SMILES string of the molecule is N#CCCNC(=O)C(CNC(=O)c1cccc(CCl)c1)c1ccccc1. The van der Waals surface area contributed by atoms with Crippen LogP contribution in [0.2, 0.25) is 0 Å². The fourth-order valence-electron chi connectivity index (χ4n) is 2.50. The zero-order valence-electron chi connectivity index (χ0n) is 14.2. The van der Waals surface area contributed by atoms with Gasteiger partial charge in [0.1, 0.15) is 0 Å². The lowest BCUT2D eigenvalue weighted by atomic mass is 9.98. The van der Waals surface area contributed by atoms with Crippen LogP contribution in [0.5, 0.6) is 0 Å². The molecule has 0 radical (unpaired) electrons. The van der Waals surface area contributed by atoms with E-state index in [0.717, 1.165) is 11.1 Å². The lowest BCUT2D eigenvalue weighted by Gasteiger charge is -2.18. The van der Waals surface area contributed by atoms with E-state index in [1.54, 1.807) is 18.2 Å². The summed E-state index contributed by atoms with van der Waals surface area (Å²) < 4.78 is 0. The van der Waals surface area contributed by atoms with Crippen molar-refractivity contribution in [2.45, 2.75) is 18.2 Å². The van der Waals surface area contributed by atoms with Crippen molar-refractivity contribution in [2.24, 2.45) is 0 Å². The standard InChI is InChI=1S/C20H20ClN3O2/c21-13-15-6-4-9-17(12-15)19(25)24-14-18(16-7-2-1-3-8-16)20(26)23-11-5-10-22/h1-4,6-9,12,18H,5,11,13-14H2,(H,23,26)(H,24,25). The number of alkyl halides is 1. The number of nitrogens with zero attached hydrogens (tertiary/aromatic N) is 1. The number of nitriles is 1. The van der Waals surface area contributed by atoms with Crippen molar-refractivity contribution in [1.29, 1.82) is 5.26 Å². The second kappa shape index (κ2) is 10.2. The van der Waals surface area contributed by atoms with E-state index >= 15 is 0 Å². The second-order valence-electron chi connectivity index (χ2n) is 5.71. The molecule has 2 N–H and O–H groups in total. The van der Waals surface area contributed by atoms with E-state index in [0.29, 0.717) is 11.4 Å². The number of carbonyl (C=O) groups is 2. The van der Waals surface area contributed by atoms with Gasteiger partial charge in [-0.05, 0) is 23.3 Å². The van der Waals surface area contributed by atoms with Gasteiger partial charge in [-0.15, -0.1) is 11.6 Å². The quantitative estimate of drug-likeness (QED) is 0.554. The van der Waals surface area contributed by atoms with Crippen LogP contribution >= 0.6 is 11.6 Å². The Kier molecular flexibility index (Phi) is 7.66. The highest BCUT2D eigenvalue weighted by Gasteiger charge is 2.21. The molecule has 0 heterocycles. The third-order valence-corrected chi connectivity index (χ3v) is 4.17. The van der Waals surface area contributed by atoms with Gasteiger partial charge in [0.2, 0.25) is 5.91 Å². The highest BCUT2D eigenvalue weighted by atomic mass is 35.5. The molecule has 0 spiro atoms. The molecule has 0 bridgehead atoms. The van der Waals surface area contributed by atoms with Crippen LogP contribution in [0, 0.1) is 11.3 Å². The Labute approximate surface area is 158 Å². The molecular formula is C20H20ClN3O2. The molecule has 5 nitrogen and oxygen atoms in total. The van der Waals surface area contributed by atoms with Crippen molar-refractivity contribution in [3.8, 4) is 6.07 Å². The maximum Gasteiger partial charge on any atom is 0.251 e. The number of halogens is 1. The van der Waals surface area contributed by atoms with Crippen LogP contribution < -0.4 is 10.6 Å². The predicted octanol–water partition coefficient (Wildman–Crippen LogP) is 2.97. The Morgan fingerprint density at radius 2 is 1.85 bits per heavy atom. The summed E-state index contributed by atoms with van der Waals surface area (Å²) >= 11 is 5.81. The molecule has 0 saturated heterocycles. The zero-order chi connectivity index (χ0) is 18.8. The van der Waals surface area contributed by atoms with Gasteiger partial charge in [-0.25, -0.2) is 0 Å². The number of carbonyl (C=O) groups excluding carboxylic acids is 2. The Morgan fingerprint density at radius 3 is 2.54 bits per heavy atom. The minimum Gasteiger partial charge on any atom is -0.354 e. The maximum atomic E-state index is 12.5. The van der Waals surface area contributed by atoms with Gasteiger partial charge >= 0.3 is 0 Å². The van der Waals surface area contributed by atoms with Gasteiger partial charge in [-0.3, -0.25) is 9.59 Å². The first-order valence-corrected chi connectivity index (χ1v) is 8.82. The Bertz CT molecular complexity index is 787. The molecule has 1 atom stereocenters. The van der Waals surface area contributed by atoms with Gasteiger partial charge in [-0.1, -0.05) is 42.5 Å². The van der Waals surface area contributed by atoms with Crippen molar-refractivity contribution >= 4 is 23.4 Å². The minimum atomic E-state index is -0.532. The maximum absolute atomic E-state index is 12.5. The Balaban J connectivity index is 2.07. The molecule has 1 unspecified atom stereocenters. The van der Waals surface area contributed by atoms with E-state index in [1.807, 2.05) is 42.5 Å². The normalized spacial score (nSPS) is 11.2. The van der Waals surface area contributed by atoms with Crippen molar-refractivity contribution in [3.63, 3.8) is 0 Å². The number of amides is 2. The molecule has 0 aliphatic carbocycles. The molecule has 0 fully saturated rings. The fraction of sp³-hybridized carbons (Fsp3) is 0.250. The fourth-order valence-corrected chi connectivity index (χ4v) is 2.67. The first kappa shape index (κ1) is 19.5. The summed E-state index contributed by atoms with van der Waals surface area (Å²) in [7, 11) is 0. The molecule has 2 rings (SSSR count). The van der Waals surface area contributed by atoms with Crippen LogP contribution in [0.4, 0.5) is 0 Å². The summed E-state index contributed by atoms with van der Waals surface area (Å²) in [6, 6.07) is 18.3. The average Bonchev–Trinajstić information content (AvgIpc) is 2.69. The van der Waals surface area contributed by atoms with Gasteiger partial charge in [0.25, 0.3) is 5.91 Å². The summed E-state index contributed by atoms with van der Waals surface area (Å²) in [5.41, 5.74) is 2.16. The Hall–Kier alpha value is -2.84. The number of hydrogen-bond acceptors (Lipinski definition) is 3. The van der Waals surface area contributed by atoms with E-state index in [1.165, 1.54) is 0 Å². The van der Waals surface area contributed by atoms with Crippen LogP contribution in [0.3, 0.4) is 0 Å². The smallest absolute Gasteiger partial charge is 0.251 e. The highest BCUT2D eigenvalue weighted by molar-refractivity contribution is 6.17. The molecule has 0 aliphatic rings. The van der Waals surface area contributed by atoms with Crippen LogP contribution in [0.1, 0.15) is 33.8 Å². The molecule has 6 heteroatoms. The molecular weight excluding hydrogens is 350 g/mol. The van der Waals surface area contributed by atoms with E-state index in [-0.39, 0.29) is 31.3 Å². The average molecular weight is 370 g/mol. The van der Waals surface area contributed by atoms with E-state index < -0.39 is 5.92 Å². The van der Waals surface area contributed by atoms with E-state index in [2.05, 4.69) is 10.6 Å². The van der Waals surface area contributed by atoms with Crippen molar-refractivity contribution in [1.82, 2.24) is 10.6 Å². The predicted molar refractivity (Wildman–Crippen MR) is 101 cm³/mol. The second-order valence-corrected chi connectivity index (χ2v) is 5.97. The first-order valence-electron chi connectivity index (χ1n) is 8.28. The topological polar surface area (TPSA) is 82.0 Å². The zero-order valence-corrected chi connectivity index (χ0v) is 15.0. The lowest BCUT2D eigenvalue weighted by molar-refractivity contribution is -0.122. The first-order chi connectivity index (χ1) is 12.7. The third kappa shape index (κ3) is 5.61. The van der Waals surface area contributed by atoms with Crippen LogP contribution in [-0.2, 0) is 10.7 Å². The summed E-state index contributed by atoms with van der Waals surface area (Å²) in [5, 5.41) is 14.2. The van der Waals surface area contributed by atoms with Gasteiger partial charge in [0, 0.05) is 24.5 Å². The summed E-state index contributed by atoms with van der Waals surface area (Å²) in [4.78, 5) is 24.9. The third-order valence-electron chi connectivity index (χ3n) is 3.86. The number of benzene rings is 2. The lowest BCUT2D eigenvalue weighted by Crippen LogP contribution is -2.37. The van der Waals surface area contributed by atoms with Gasteiger partial charge in [0.15, 0.2) is 0 Å². The van der Waals surface area contributed by atoms with Crippen molar-refractivity contribution in [2.75, 3.05) is 13.1 Å². The highest BCUT2D eigenvalue weighted by Crippen LogP contribution is 2.15. The number of nitrogens with one attached hydrogen (secondary N) is 2. The van der Waals surface area contributed by atoms with Gasteiger partial charge in [0.05, 0.1) is 18.4 Å². The molecule has 0 saturated carbocycles. The molecule has 26 heavy (non-hydrogen) atoms. The van der Waals surface area contributed by atoms with E-state index in [4.69, 9.17) is 16.9 Å². The number of rotatable bonds is 8. The largest absolute Gasteiger partial charge is 0.354 e. The van der Waals surface area contributed by atoms with Crippen LogP contribution in [0.25, 0.3) is 0 Å². The van der Waals surface area contributed by atoms with Crippen molar-refractivity contribution in [3.05, 3.63) is 71.3 Å². The Morgan fingerprint density at radius 1 is 1.08 bits per heavy atom. The summed E-state index contributed by atoms with van der Waals surface area (Å²) in [5.74, 6) is -0.686. The molecule has 0 aliphatic heterocycles. The molecule has 134 valence electrons. The number of hydrogen-bond donors (Lipinski definition) is 2. The summed E-state index contributed by atoms with van der Waals surface area (Å²) in [6.45, 7) is 0.441. The van der Waals surface area contributed by atoms with Crippen molar-refractivity contribution < 1.29 is 9.59 Å².